The van der Waals surface area contributed by atoms with Crippen molar-refractivity contribution in [1.29, 1.82) is 0 Å². The molecule has 3 rings (SSSR count). The Hall–Kier alpha value is -2.37. The number of piperidine rings is 1. The van der Waals surface area contributed by atoms with Crippen molar-refractivity contribution in [3.63, 3.8) is 0 Å². The van der Waals surface area contributed by atoms with E-state index in [1.54, 1.807) is 4.90 Å². The Balaban J connectivity index is 1.67. The van der Waals surface area contributed by atoms with E-state index in [1.165, 1.54) is 5.56 Å². The first-order valence-corrected chi connectivity index (χ1v) is 7.56. The number of hydrogen-bond donors (Lipinski definition) is 2. The molecule has 2 N–H and O–H groups in total. The molecule has 2 heterocycles. The summed E-state index contributed by atoms with van der Waals surface area (Å²) in [5.41, 5.74) is 1.02. The second-order valence-corrected chi connectivity index (χ2v) is 5.83. The van der Waals surface area contributed by atoms with Gasteiger partial charge in [0, 0.05) is 18.7 Å². The smallest absolute Gasteiger partial charge is 0.322 e. The number of likely N-dealkylation sites (tertiary alicyclic amines) is 1. The zero-order chi connectivity index (χ0) is 15.7. The SMILES string of the molecule is CCc1ccc(C(=O)N2CCC3(CC2)NC(=O)NC3=O)cc1. The van der Waals surface area contributed by atoms with Gasteiger partial charge in [0.15, 0.2) is 0 Å². The van der Waals surface area contributed by atoms with Gasteiger partial charge < -0.3 is 10.2 Å². The Morgan fingerprint density at radius 3 is 2.32 bits per heavy atom. The molecule has 6 nitrogen and oxygen atoms in total. The van der Waals surface area contributed by atoms with E-state index in [2.05, 4.69) is 17.6 Å². The van der Waals surface area contributed by atoms with E-state index in [0.717, 1.165) is 6.42 Å². The molecule has 22 heavy (non-hydrogen) atoms. The highest BCUT2D eigenvalue weighted by atomic mass is 16.2. The van der Waals surface area contributed by atoms with Crippen molar-refractivity contribution >= 4 is 17.8 Å². The van der Waals surface area contributed by atoms with Gasteiger partial charge in [0.1, 0.15) is 5.54 Å². The number of aryl methyl sites for hydroxylation is 1. The lowest BCUT2D eigenvalue weighted by Crippen LogP contribution is -2.55. The second-order valence-electron chi connectivity index (χ2n) is 5.83. The number of hydrogen-bond acceptors (Lipinski definition) is 3. The standard InChI is InChI=1S/C16H19N3O3/c1-2-11-3-5-12(6-4-11)13(20)19-9-7-16(8-10-19)14(21)17-15(22)18-16/h3-6H,2,7-10H2,1H3,(H2,17,18,21,22). The number of rotatable bonds is 2. The van der Waals surface area contributed by atoms with Gasteiger partial charge in [-0.25, -0.2) is 4.79 Å². The summed E-state index contributed by atoms with van der Waals surface area (Å²) in [7, 11) is 0. The number of carbonyl (C=O) groups is 3. The van der Waals surface area contributed by atoms with Crippen molar-refractivity contribution < 1.29 is 14.4 Å². The Morgan fingerprint density at radius 1 is 1.18 bits per heavy atom. The average Bonchev–Trinajstić information content (AvgIpc) is 2.81. The number of imide groups is 1. The fourth-order valence-corrected chi connectivity index (χ4v) is 3.04. The van der Waals surface area contributed by atoms with Gasteiger partial charge in [-0.3, -0.25) is 14.9 Å². The summed E-state index contributed by atoms with van der Waals surface area (Å²) in [4.78, 5) is 37.4. The maximum atomic E-state index is 12.5. The van der Waals surface area contributed by atoms with Gasteiger partial charge >= 0.3 is 6.03 Å². The van der Waals surface area contributed by atoms with Gasteiger partial charge in [0.2, 0.25) is 0 Å². The lowest BCUT2D eigenvalue weighted by atomic mass is 9.87. The number of nitrogens with zero attached hydrogens (tertiary/aromatic N) is 1. The summed E-state index contributed by atoms with van der Waals surface area (Å²) in [5.74, 6) is -0.306. The molecular formula is C16H19N3O3. The fourth-order valence-electron chi connectivity index (χ4n) is 3.04. The summed E-state index contributed by atoms with van der Waals surface area (Å²) >= 11 is 0. The third-order valence-corrected chi connectivity index (χ3v) is 4.53. The molecule has 4 amide bonds. The highest BCUT2D eigenvalue weighted by molar-refractivity contribution is 6.07. The number of urea groups is 1. The number of benzene rings is 1. The molecule has 0 radical (unpaired) electrons. The van der Waals surface area contributed by atoms with Crippen LogP contribution in [0.4, 0.5) is 4.79 Å². The van der Waals surface area contributed by atoms with Gasteiger partial charge in [-0.15, -0.1) is 0 Å². The Kier molecular flexibility index (Phi) is 3.60. The Bertz CT molecular complexity index is 616. The summed E-state index contributed by atoms with van der Waals surface area (Å²) in [5, 5.41) is 4.97. The Labute approximate surface area is 128 Å². The van der Waals surface area contributed by atoms with Crippen LogP contribution in [0, 0.1) is 0 Å². The van der Waals surface area contributed by atoms with Crippen molar-refractivity contribution in [1.82, 2.24) is 15.5 Å². The van der Waals surface area contributed by atoms with Crippen LogP contribution in [0.5, 0.6) is 0 Å². The Morgan fingerprint density at radius 2 is 1.82 bits per heavy atom. The number of amides is 4. The molecule has 2 aliphatic heterocycles. The molecular weight excluding hydrogens is 282 g/mol. The third kappa shape index (κ3) is 2.45. The predicted octanol–water partition coefficient (Wildman–Crippen LogP) is 1.06. The van der Waals surface area contributed by atoms with Crippen molar-refractivity contribution in [2.24, 2.45) is 0 Å². The average molecular weight is 301 g/mol. The molecule has 1 aromatic carbocycles. The predicted molar refractivity (Wildman–Crippen MR) is 80.4 cm³/mol. The summed E-state index contributed by atoms with van der Waals surface area (Å²) in [6, 6.07) is 7.16. The normalized spacial score (nSPS) is 20.0. The van der Waals surface area contributed by atoms with Crippen LogP contribution in [0.15, 0.2) is 24.3 Å². The molecule has 2 aliphatic rings. The molecule has 0 saturated carbocycles. The summed E-state index contributed by atoms with van der Waals surface area (Å²) in [6.07, 6.45) is 1.84. The van der Waals surface area contributed by atoms with Crippen LogP contribution in [0.1, 0.15) is 35.7 Å². The molecule has 0 bridgehead atoms. The number of carbonyl (C=O) groups excluding carboxylic acids is 3. The van der Waals surface area contributed by atoms with Gasteiger partial charge in [0.25, 0.3) is 11.8 Å². The molecule has 0 unspecified atom stereocenters. The quantitative estimate of drug-likeness (QED) is 0.802. The van der Waals surface area contributed by atoms with E-state index in [9.17, 15) is 14.4 Å². The molecule has 116 valence electrons. The topological polar surface area (TPSA) is 78.5 Å². The highest BCUT2D eigenvalue weighted by Crippen LogP contribution is 2.26. The largest absolute Gasteiger partial charge is 0.338 e. The minimum atomic E-state index is -0.833. The van der Waals surface area contributed by atoms with Crippen LogP contribution >= 0.6 is 0 Å². The lowest BCUT2D eigenvalue weighted by molar-refractivity contribution is -0.125. The lowest BCUT2D eigenvalue weighted by Gasteiger charge is -2.37. The molecule has 2 fully saturated rings. The van der Waals surface area contributed by atoms with Crippen molar-refractivity contribution in [3.05, 3.63) is 35.4 Å². The first-order valence-electron chi connectivity index (χ1n) is 7.56. The molecule has 0 aliphatic carbocycles. The van der Waals surface area contributed by atoms with E-state index in [0.29, 0.717) is 31.5 Å². The van der Waals surface area contributed by atoms with Crippen LogP contribution < -0.4 is 10.6 Å². The van der Waals surface area contributed by atoms with Gasteiger partial charge in [-0.05, 0) is 37.0 Å². The minimum Gasteiger partial charge on any atom is -0.338 e. The minimum absolute atomic E-state index is 0.0257. The number of nitrogens with one attached hydrogen (secondary N) is 2. The van der Waals surface area contributed by atoms with Crippen molar-refractivity contribution in [2.75, 3.05) is 13.1 Å². The molecule has 0 aromatic heterocycles. The van der Waals surface area contributed by atoms with Crippen LogP contribution in [0.25, 0.3) is 0 Å². The monoisotopic (exact) mass is 301 g/mol. The first-order chi connectivity index (χ1) is 10.5. The maximum Gasteiger partial charge on any atom is 0.322 e. The van der Waals surface area contributed by atoms with E-state index in [-0.39, 0.29) is 11.8 Å². The zero-order valence-electron chi connectivity index (χ0n) is 12.5. The second kappa shape index (κ2) is 5.44. The van der Waals surface area contributed by atoms with Crippen LogP contribution in [0.3, 0.4) is 0 Å². The van der Waals surface area contributed by atoms with Crippen molar-refractivity contribution in [2.45, 2.75) is 31.7 Å². The molecule has 1 aromatic rings. The summed E-state index contributed by atoms with van der Waals surface area (Å²) < 4.78 is 0. The zero-order valence-corrected chi connectivity index (χ0v) is 12.5. The molecule has 2 saturated heterocycles. The van der Waals surface area contributed by atoms with Gasteiger partial charge in [0.05, 0.1) is 0 Å². The molecule has 6 heteroatoms. The third-order valence-electron chi connectivity index (χ3n) is 4.53. The van der Waals surface area contributed by atoms with E-state index in [4.69, 9.17) is 0 Å². The first kappa shape index (κ1) is 14.6. The van der Waals surface area contributed by atoms with Crippen LogP contribution in [0.2, 0.25) is 0 Å². The van der Waals surface area contributed by atoms with Crippen LogP contribution in [-0.2, 0) is 11.2 Å². The van der Waals surface area contributed by atoms with E-state index >= 15 is 0 Å². The van der Waals surface area contributed by atoms with Crippen molar-refractivity contribution in [3.8, 4) is 0 Å². The van der Waals surface area contributed by atoms with E-state index < -0.39 is 11.6 Å². The molecule has 1 spiro atoms. The summed E-state index contributed by atoms with van der Waals surface area (Å²) in [6.45, 7) is 2.99. The molecule has 0 atom stereocenters. The van der Waals surface area contributed by atoms with Gasteiger partial charge in [-0.2, -0.15) is 0 Å². The van der Waals surface area contributed by atoms with E-state index in [1.807, 2.05) is 24.3 Å². The fraction of sp³-hybridized carbons (Fsp3) is 0.438. The van der Waals surface area contributed by atoms with Crippen LogP contribution in [-0.4, -0.2) is 41.4 Å². The highest BCUT2D eigenvalue weighted by Gasteiger charge is 2.48. The maximum absolute atomic E-state index is 12.5. The van der Waals surface area contributed by atoms with Gasteiger partial charge in [-0.1, -0.05) is 19.1 Å².